The number of hydrogen-bond donors (Lipinski definition) is 0. The Balaban J connectivity index is 5.75. The molecule has 0 aliphatic heterocycles. The first-order valence-corrected chi connectivity index (χ1v) is 4.03. The van der Waals surface area contributed by atoms with E-state index >= 15 is 0 Å². The molecule has 0 aromatic rings. The van der Waals surface area contributed by atoms with Crippen molar-refractivity contribution < 1.29 is 57.1 Å². The van der Waals surface area contributed by atoms with E-state index in [0.29, 0.717) is 0 Å². The van der Waals surface area contributed by atoms with Crippen LogP contribution < -0.4 is 0 Å². The summed E-state index contributed by atoms with van der Waals surface area (Å²) in [7, 11) is 0. The van der Waals surface area contributed by atoms with Gasteiger partial charge in [-0.1, -0.05) is 0 Å². The van der Waals surface area contributed by atoms with E-state index in [4.69, 9.17) is 0 Å². The molecule has 0 spiro atoms. The standard InChI is InChI=1S/C7HF13/c8-2(4(11,12)6(15,16)17)1-3(9,10)5(13,14)7(18,19)20/h1H. The highest BCUT2D eigenvalue weighted by atomic mass is 19.4. The van der Waals surface area contributed by atoms with Crippen LogP contribution in [0.15, 0.2) is 11.9 Å². The Bertz CT molecular complexity index is 381. The Morgan fingerprint density at radius 2 is 0.950 bits per heavy atom. The first-order valence-electron chi connectivity index (χ1n) is 4.03. The Morgan fingerprint density at radius 1 is 0.600 bits per heavy atom. The topological polar surface area (TPSA) is 0 Å². The summed E-state index contributed by atoms with van der Waals surface area (Å²) >= 11 is 0. The van der Waals surface area contributed by atoms with E-state index in [0.717, 1.165) is 0 Å². The lowest BCUT2D eigenvalue weighted by atomic mass is 10.1. The summed E-state index contributed by atoms with van der Waals surface area (Å²) in [6.07, 6.45) is -16.2. The Labute approximate surface area is 100 Å². The van der Waals surface area contributed by atoms with Gasteiger partial charge in [0.2, 0.25) is 0 Å². The molecule has 0 amide bonds. The van der Waals surface area contributed by atoms with Crippen LogP contribution in [0.1, 0.15) is 0 Å². The molecule has 120 valence electrons. The minimum Gasteiger partial charge on any atom is -0.205 e. The summed E-state index contributed by atoms with van der Waals surface area (Å²) < 4.78 is 155. The minimum atomic E-state index is -7.04. The maximum Gasteiger partial charge on any atom is 0.460 e. The van der Waals surface area contributed by atoms with Crippen molar-refractivity contribution in [2.75, 3.05) is 0 Å². The molecule has 0 aliphatic carbocycles. The molecule has 0 unspecified atom stereocenters. The van der Waals surface area contributed by atoms with Gasteiger partial charge >= 0.3 is 30.1 Å². The summed E-state index contributed by atoms with van der Waals surface area (Å²) in [5, 5.41) is 0. The molecule has 0 rings (SSSR count). The van der Waals surface area contributed by atoms with E-state index in [9.17, 15) is 57.1 Å². The predicted octanol–water partition coefficient (Wildman–Crippen LogP) is 4.87. The SMILES string of the molecule is FC(=CC(F)(F)C(F)(F)C(F)(F)F)C(F)(F)C(F)(F)F. The van der Waals surface area contributed by atoms with E-state index < -0.39 is 42.0 Å². The first-order chi connectivity index (χ1) is 8.38. The van der Waals surface area contributed by atoms with Crippen LogP contribution in [0.3, 0.4) is 0 Å². The quantitative estimate of drug-likeness (QED) is 0.647. The molecule has 0 aliphatic rings. The number of hydrogen-bond acceptors (Lipinski definition) is 0. The summed E-state index contributed by atoms with van der Waals surface area (Å²) in [6, 6.07) is 0. The lowest BCUT2D eigenvalue weighted by Crippen LogP contribution is -2.51. The van der Waals surface area contributed by atoms with Crippen molar-refractivity contribution in [1.82, 2.24) is 0 Å². The fourth-order valence-corrected chi connectivity index (χ4v) is 0.665. The van der Waals surface area contributed by atoms with E-state index in [-0.39, 0.29) is 0 Å². The van der Waals surface area contributed by atoms with Crippen LogP contribution in [0.2, 0.25) is 0 Å². The van der Waals surface area contributed by atoms with Crippen LogP contribution in [-0.2, 0) is 0 Å². The molecule has 0 aromatic heterocycles. The molecule has 0 atom stereocenters. The number of alkyl halides is 12. The number of halogens is 13. The van der Waals surface area contributed by atoms with Crippen molar-refractivity contribution in [2.24, 2.45) is 0 Å². The van der Waals surface area contributed by atoms with Gasteiger partial charge in [0.25, 0.3) is 0 Å². The van der Waals surface area contributed by atoms with Crippen LogP contribution in [0, 0.1) is 0 Å². The summed E-state index contributed by atoms with van der Waals surface area (Å²) in [6.45, 7) is 0. The van der Waals surface area contributed by atoms with Crippen molar-refractivity contribution in [3.05, 3.63) is 11.9 Å². The van der Waals surface area contributed by atoms with Crippen molar-refractivity contribution in [2.45, 2.75) is 30.1 Å². The van der Waals surface area contributed by atoms with Gasteiger partial charge in [0, 0.05) is 6.08 Å². The van der Waals surface area contributed by atoms with E-state index in [2.05, 4.69) is 0 Å². The normalized spacial score (nSPS) is 16.6. The maximum absolute atomic E-state index is 12.4. The molecule has 13 heteroatoms. The number of rotatable bonds is 3. The Hall–Kier alpha value is -1.17. The van der Waals surface area contributed by atoms with Crippen LogP contribution in [-0.4, -0.2) is 30.1 Å². The summed E-state index contributed by atoms with van der Waals surface area (Å²) in [5.74, 6) is -24.5. The third-order valence-electron chi connectivity index (χ3n) is 1.74. The molecular weight excluding hydrogens is 331 g/mol. The van der Waals surface area contributed by atoms with Gasteiger partial charge in [-0.2, -0.15) is 52.7 Å². The van der Waals surface area contributed by atoms with Crippen molar-refractivity contribution in [3.63, 3.8) is 0 Å². The van der Waals surface area contributed by atoms with Crippen LogP contribution in [0.4, 0.5) is 57.1 Å². The average molecular weight is 332 g/mol. The van der Waals surface area contributed by atoms with E-state index in [1.807, 2.05) is 0 Å². The molecule has 0 radical (unpaired) electrons. The van der Waals surface area contributed by atoms with Gasteiger partial charge < -0.3 is 0 Å². The van der Waals surface area contributed by atoms with Crippen molar-refractivity contribution >= 4 is 0 Å². The van der Waals surface area contributed by atoms with Gasteiger partial charge in [0.1, 0.15) is 0 Å². The average Bonchev–Trinajstić information content (AvgIpc) is 2.12. The van der Waals surface area contributed by atoms with Crippen molar-refractivity contribution in [1.29, 1.82) is 0 Å². The summed E-state index contributed by atoms with van der Waals surface area (Å²) in [4.78, 5) is 0. The predicted molar refractivity (Wildman–Crippen MR) is 36.1 cm³/mol. The number of allylic oxidation sites excluding steroid dienone is 2. The third kappa shape index (κ3) is 3.11. The monoisotopic (exact) mass is 332 g/mol. The van der Waals surface area contributed by atoms with Gasteiger partial charge in [-0.3, -0.25) is 0 Å². The Morgan fingerprint density at radius 3 is 1.20 bits per heavy atom. The lowest BCUT2D eigenvalue weighted by Gasteiger charge is -2.26. The molecule has 0 nitrogen and oxygen atoms in total. The molecular formula is C7HF13. The first kappa shape index (κ1) is 18.8. The molecule has 0 saturated carbocycles. The molecule has 0 N–H and O–H groups in total. The third-order valence-corrected chi connectivity index (χ3v) is 1.74. The maximum atomic E-state index is 12.4. The molecule has 20 heavy (non-hydrogen) atoms. The van der Waals surface area contributed by atoms with Gasteiger partial charge in [-0.05, 0) is 0 Å². The van der Waals surface area contributed by atoms with Crippen molar-refractivity contribution in [3.8, 4) is 0 Å². The van der Waals surface area contributed by atoms with Gasteiger partial charge in [-0.15, -0.1) is 0 Å². The van der Waals surface area contributed by atoms with Gasteiger partial charge in [0.15, 0.2) is 5.83 Å². The smallest absolute Gasteiger partial charge is 0.205 e. The van der Waals surface area contributed by atoms with Crippen LogP contribution in [0.5, 0.6) is 0 Å². The lowest BCUT2D eigenvalue weighted by molar-refractivity contribution is -0.342. The second-order valence-electron chi connectivity index (χ2n) is 3.26. The molecule has 0 fully saturated rings. The molecule has 0 saturated heterocycles. The van der Waals surface area contributed by atoms with Crippen LogP contribution >= 0.6 is 0 Å². The zero-order valence-corrected chi connectivity index (χ0v) is 8.49. The second kappa shape index (κ2) is 4.69. The van der Waals surface area contributed by atoms with Crippen LogP contribution in [0.25, 0.3) is 0 Å². The highest BCUT2D eigenvalue weighted by Crippen LogP contribution is 2.49. The van der Waals surface area contributed by atoms with E-state index in [1.54, 1.807) is 0 Å². The molecule has 0 aromatic carbocycles. The molecule has 0 heterocycles. The highest BCUT2D eigenvalue weighted by molar-refractivity contribution is 5.16. The molecule has 0 bridgehead atoms. The van der Waals surface area contributed by atoms with E-state index in [1.165, 1.54) is 0 Å². The minimum absolute atomic E-state index is 2.41. The largest absolute Gasteiger partial charge is 0.460 e. The zero-order chi connectivity index (χ0) is 16.8. The Kier molecular flexibility index (Phi) is 4.41. The fourth-order valence-electron chi connectivity index (χ4n) is 0.665. The zero-order valence-electron chi connectivity index (χ0n) is 8.49. The summed E-state index contributed by atoms with van der Waals surface area (Å²) in [5.41, 5.74) is 0. The van der Waals surface area contributed by atoms with Gasteiger partial charge in [-0.25, -0.2) is 4.39 Å². The highest BCUT2D eigenvalue weighted by Gasteiger charge is 2.73. The van der Waals surface area contributed by atoms with Gasteiger partial charge in [0.05, 0.1) is 0 Å². The fraction of sp³-hybridized carbons (Fsp3) is 0.714. The second-order valence-corrected chi connectivity index (χ2v) is 3.26.